The van der Waals surface area contributed by atoms with E-state index in [1.807, 2.05) is 0 Å². The molecule has 8 nitrogen and oxygen atoms in total. The van der Waals surface area contributed by atoms with E-state index in [0.717, 1.165) is 0 Å². The van der Waals surface area contributed by atoms with Crippen LogP contribution in [-0.4, -0.2) is 74.4 Å². The van der Waals surface area contributed by atoms with Crippen LogP contribution >= 0.6 is 0 Å². The lowest BCUT2D eigenvalue weighted by atomic mass is 9.95. The zero-order chi connectivity index (χ0) is 21.5. The summed E-state index contributed by atoms with van der Waals surface area (Å²) in [6.45, 7) is -0.100. The first-order chi connectivity index (χ1) is 13.3. The monoisotopic (exact) mass is 380 g/mol. The van der Waals surface area contributed by atoms with Gasteiger partial charge in [-0.1, -0.05) is 39.5 Å². The van der Waals surface area contributed by atoms with Crippen LogP contribution in [0.5, 0.6) is 0 Å². The van der Waals surface area contributed by atoms with Crippen LogP contribution in [0, 0.1) is 0 Å². The number of unbranched alkanes of at least 4 members (excludes halogenated alkanes) is 4. The number of esters is 1. The number of carbonyl (C=O) groups excluding carboxylic acids is 2. The molecule has 0 saturated heterocycles. The average molecular weight is 380 g/mol. The number of carbonyl (C=O) groups is 2. The van der Waals surface area contributed by atoms with Crippen molar-refractivity contribution in [2.45, 2.75) is 95.7 Å². The van der Waals surface area contributed by atoms with Crippen molar-refractivity contribution in [1.82, 2.24) is 0 Å². The number of rotatable bonds is 15. The Labute approximate surface area is 157 Å². The van der Waals surface area contributed by atoms with Crippen LogP contribution in [0.15, 0.2) is 0 Å². The Morgan fingerprint density at radius 1 is 0.846 bits per heavy atom. The van der Waals surface area contributed by atoms with Crippen molar-refractivity contribution in [2.75, 3.05) is 6.61 Å². The minimum absolute atomic E-state index is 0.0403. The summed E-state index contributed by atoms with van der Waals surface area (Å²) in [5.41, 5.74) is 0. The summed E-state index contributed by atoms with van der Waals surface area (Å²) in [5, 5.41) is 49.3. The molecule has 0 spiro atoms. The highest BCUT2D eigenvalue weighted by atomic mass is 16.5. The van der Waals surface area contributed by atoms with Crippen LogP contribution < -0.4 is 0 Å². The molecule has 0 radical (unpaired) electrons. The highest BCUT2D eigenvalue weighted by molar-refractivity contribution is 5.83. The molecule has 0 rings (SSSR count). The molecule has 26 heavy (non-hydrogen) atoms. The van der Waals surface area contributed by atoms with Crippen molar-refractivity contribution >= 4 is 11.8 Å². The van der Waals surface area contributed by atoms with E-state index in [2.05, 4.69) is 0 Å². The van der Waals surface area contributed by atoms with Gasteiger partial charge in [0, 0.05) is 15.6 Å². The molecule has 1 unspecified atom stereocenters. The summed E-state index contributed by atoms with van der Waals surface area (Å²) in [7, 11) is 0. The molecular weight excluding hydrogens is 344 g/mol. The minimum atomic E-state index is -2.02. The van der Waals surface area contributed by atoms with Gasteiger partial charge in [0.1, 0.15) is 37.1 Å². The van der Waals surface area contributed by atoms with E-state index in [9.17, 15) is 35.1 Å². The maximum absolute atomic E-state index is 11.8. The van der Waals surface area contributed by atoms with Gasteiger partial charge in [0.2, 0.25) is 0 Å². The van der Waals surface area contributed by atoms with Crippen molar-refractivity contribution in [3.05, 3.63) is 0 Å². The molecule has 0 aliphatic heterocycles. The summed E-state index contributed by atoms with van der Waals surface area (Å²) < 4.78 is 18.8. The van der Waals surface area contributed by atoms with Gasteiger partial charge in [0.15, 0.2) is 5.78 Å². The second-order valence-corrected chi connectivity index (χ2v) is 6.25. The Bertz CT molecular complexity index is 438. The second kappa shape index (κ2) is 14.1. The summed E-state index contributed by atoms with van der Waals surface area (Å²) in [6, 6.07) is 0. The first-order valence-electron chi connectivity index (χ1n) is 10.3. The molecule has 0 amide bonds. The molecular formula is C18H34O8. The van der Waals surface area contributed by atoms with Gasteiger partial charge in [0.05, 0.1) is 0 Å². The predicted molar refractivity (Wildman–Crippen MR) is 94.3 cm³/mol. The normalized spacial score (nSPS) is 18.2. The molecule has 5 atom stereocenters. The molecule has 0 heterocycles. The van der Waals surface area contributed by atoms with E-state index in [1.165, 1.54) is 0 Å². The van der Waals surface area contributed by atoms with Gasteiger partial charge in [-0.2, -0.15) is 0 Å². The molecule has 5 N–H and O–H groups in total. The number of ether oxygens (including phenoxy) is 1. The van der Waals surface area contributed by atoms with Crippen molar-refractivity contribution < 1.29 is 42.6 Å². The molecule has 0 saturated carbocycles. The highest BCUT2D eigenvalue weighted by Gasteiger charge is 2.37. The lowest BCUT2D eigenvalue weighted by molar-refractivity contribution is -0.163. The first-order valence-corrected chi connectivity index (χ1v) is 8.93. The summed E-state index contributed by atoms with van der Waals surface area (Å²) in [6.07, 6.45) is -5.96. The predicted octanol–water partition coefficient (Wildman–Crippen LogP) is 0.0638. The van der Waals surface area contributed by atoms with Crippen LogP contribution in [0.4, 0.5) is 0 Å². The molecule has 0 aromatic carbocycles. The average Bonchev–Trinajstić information content (AvgIpc) is 2.70. The lowest BCUT2D eigenvalue weighted by Crippen LogP contribution is -2.52. The fourth-order valence-corrected chi connectivity index (χ4v) is 2.23. The molecule has 0 aromatic heterocycles. The lowest BCUT2D eigenvalue weighted by Gasteiger charge is -2.28. The molecule has 0 fully saturated rings. The smallest absolute Gasteiger partial charge is 0.305 e. The molecule has 0 bridgehead atoms. The van der Waals surface area contributed by atoms with Crippen molar-refractivity contribution in [1.29, 1.82) is 0 Å². The third-order valence-corrected chi connectivity index (χ3v) is 3.97. The van der Waals surface area contributed by atoms with Crippen LogP contribution in [0.2, 0.25) is 0 Å². The summed E-state index contributed by atoms with van der Waals surface area (Å²) in [4.78, 5) is 23.3. The number of aliphatic hydroxyl groups excluding tert-OH is 5. The van der Waals surface area contributed by atoms with Crippen molar-refractivity contribution in [3.8, 4) is 0 Å². The SMILES string of the molecule is [2H]CCCCCC(=O)OC[C@@H](O)[C@@H](O)[C@H](O)[C@@H](O)C(O)C(=O)CCCCC[2H]. The van der Waals surface area contributed by atoms with Crippen LogP contribution in [0.1, 0.15) is 67.9 Å². The topological polar surface area (TPSA) is 145 Å². The molecule has 0 aliphatic carbocycles. The fourth-order valence-electron chi connectivity index (χ4n) is 2.23. The first kappa shape index (κ1) is 21.2. The van der Waals surface area contributed by atoms with Gasteiger partial charge >= 0.3 is 5.97 Å². The number of ketones is 1. The van der Waals surface area contributed by atoms with Gasteiger partial charge in [0.25, 0.3) is 0 Å². The largest absolute Gasteiger partial charge is 0.463 e. The van der Waals surface area contributed by atoms with Crippen LogP contribution in [0.25, 0.3) is 0 Å². The van der Waals surface area contributed by atoms with Crippen LogP contribution in [-0.2, 0) is 14.3 Å². The maximum atomic E-state index is 11.8. The molecule has 8 heteroatoms. The van der Waals surface area contributed by atoms with Crippen molar-refractivity contribution in [3.63, 3.8) is 0 Å². The third kappa shape index (κ3) is 9.59. The standard InChI is InChI=1S/C18H34O8/c1-3-5-7-9-12(19)15(22)17(24)18(25)16(23)13(20)11-26-14(21)10-8-6-4-2/h13,15-18,20,22-25H,3-11H2,1-2H3/t13-,15?,16-,17+,18+/m1/s1/i1D,2D. The Kier molecular flexibility index (Phi) is 11.5. The van der Waals surface area contributed by atoms with E-state index in [0.29, 0.717) is 38.5 Å². The Hall–Kier alpha value is -1.06. The van der Waals surface area contributed by atoms with E-state index in [1.54, 1.807) is 0 Å². The number of aliphatic hydroxyl groups is 5. The Morgan fingerprint density at radius 2 is 1.42 bits per heavy atom. The van der Waals surface area contributed by atoms with E-state index < -0.39 is 48.9 Å². The van der Waals surface area contributed by atoms with Gasteiger partial charge in [-0.15, -0.1) is 0 Å². The zero-order valence-corrected chi connectivity index (χ0v) is 15.1. The third-order valence-electron chi connectivity index (χ3n) is 3.97. The Balaban J connectivity index is 4.31. The molecule has 154 valence electrons. The number of Topliss-reactive ketones (excluding diaryl/α,β-unsaturated/α-hetero) is 1. The molecule has 0 aromatic rings. The van der Waals surface area contributed by atoms with Gasteiger partial charge in [-0.05, 0) is 12.8 Å². The number of hydrogen-bond donors (Lipinski definition) is 5. The second-order valence-electron chi connectivity index (χ2n) is 6.25. The zero-order valence-electron chi connectivity index (χ0n) is 17.1. The van der Waals surface area contributed by atoms with Crippen molar-refractivity contribution in [2.24, 2.45) is 0 Å². The van der Waals surface area contributed by atoms with E-state index >= 15 is 0 Å². The molecule has 0 aliphatic rings. The minimum Gasteiger partial charge on any atom is -0.463 e. The van der Waals surface area contributed by atoms with Gasteiger partial charge in [-0.25, -0.2) is 0 Å². The fraction of sp³-hybridized carbons (Fsp3) is 0.889. The van der Waals surface area contributed by atoms with Gasteiger partial charge < -0.3 is 30.3 Å². The summed E-state index contributed by atoms with van der Waals surface area (Å²) in [5.74, 6) is -1.31. The van der Waals surface area contributed by atoms with E-state index in [4.69, 9.17) is 7.48 Å². The van der Waals surface area contributed by atoms with Crippen LogP contribution in [0.3, 0.4) is 0 Å². The highest BCUT2D eigenvalue weighted by Crippen LogP contribution is 2.13. The summed E-state index contributed by atoms with van der Waals surface area (Å²) >= 11 is 0. The maximum Gasteiger partial charge on any atom is 0.305 e. The Morgan fingerprint density at radius 3 is 2.00 bits per heavy atom. The van der Waals surface area contributed by atoms with E-state index in [-0.39, 0.29) is 26.6 Å². The van der Waals surface area contributed by atoms with Gasteiger partial charge in [-0.3, -0.25) is 9.59 Å². The number of hydrogen-bond acceptors (Lipinski definition) is 8. The quantitative estimate of drug-likeness (QED) is 0.198.